The minimum Gasteiger partial charge on any atom is -0.432 e. The lowest BCUT2D eigenvalue weighted by atomic mass is 9.71. The molecule has 0 aromatic heterocycles. The normalized spacial score (nSPS) is 26.2. The summed E-state index contributed by atoms with van der Waals surface area (Å²) in [6.45, 7) is 16.3. The van der Waals surface area contributed by atoms with Crippen molar-refractivity contribution in [3.05, 3.63) is 42.5 Å². The Morgan fingerprint density at radius 2 is 1.61 bits per heavy atom. The summed E-state index contributed by atoms with van der Waals surface area (Å²) in [7, 11) is 0. The Morgan fingerprint density at radius 3 is 2.12 bits per heavy atom. The fourth-order valence-electron chi connectivity index (χ4n) is 6.62. The van der Waals surface area contributed by atoms with Crippen LogP contribution in [0.5, 0.6) is 5.75 Å². The zero-order chi connectivity index (χ0) is 24.3. The minimum absolute atomic E-state index is 0.0637. The highest BCUT2D eigenvalue weighted by Crippen LogP contribution is 2.46. The SMILES string of the molecule is C=CCCN1C(C)(C)CC(c2ccc(OC(F)(F)C3CCC(CCC)CC3)cc2)CC1(C)C. The lowest BCUT2D eigenvalue weighted by Gasteiger charge is -2.55. The molecule has 33 heavy (non-hydrogen) atoms. The van der Waals surface area contributed by atoms with Crippen LogP contribution in [-0.2, 0) is 0 Å². The lowest BCUT2D eigenvalue weighted by Crippen LogP contribution is -2.60. The molecule has 0 atom stereocenters. The van der Waals surface area contributed by atoms with E-state index in [-0.39, 0.29) is 16.8 Å². The molecule has 3 rings (SSSR count). The van der Waals surface area contributed by atoms with E-state index in [4.69, 9.17) is 4.74 Å². The first-order valence-electron chi connectivity index (χ1n) is 13.0. The van der Waals surface area contributed by atoms with Crippen LogP contribution in [0, 0.1) is 11.8 Å². The van der Waals surface area contributed by atoms with Gasteiger partial charge in [0.25, 0.3) is 0 Å². The van der Waals surface area contributed by atoms with E-state index < -0.39 is 12.0 Å². The van der Waals surface area contributed by atoms with Gasteiger partial charge in [0.05, 0.1) is 5.92 Å². The van der Waals surface area contributed by atoms with Crippen molar-refractivity contribution in [2.45, 2.75) is 116 Å². The van der Waals surface area contributed by atoms with Crippen molar-refractivity contribution < 1.29 is 13.5 Å². The third-order valence-electron chi connectivity index (χ3n) is 8.13. The van der Waals surface area contributed by atoms with Gasteiger partial charge in [-0.25, -0.2) is 0 Å². The average molecular weight is 462 g/mol. The number of piperidine rings is 1. The lowest BCUT2D eigenvalue weighted by molar-refractivity contribution is -0.223. The van der Waals surface area contributed by atoms with Crippen molar-refractivity contribution in [3.8, 4) is 5.75 Å². The van der Waals surface area contributed by atoms with Crippen molar-refractivity contribution >= 4 is 0 Å². The number of halogens is 2. The summed E-state index contributed by atoms with van der Waals surface area (Å²) in [6, 6.07) is 7.49. The molecular formula is C29H45F2NO. The van der Waals surface area contributed by atoms with Crippen LogP contribution in [0.1, 0.15) is 104 Å². The van der Waals surface area contributed by atoms with Gasteiger partial charge in [0.1, 0.15) is 5.75 Å². The molecule has 1 aliphatic heterocycles. The fourth-order valence-corrected chi connectivity index (χ4v) is 6.62. The van der Waals surface area contributed by atoms with E-state index in [1.165, 1.54) is 5.56 Å². The molecule has 1 aromatic rings. The number of likely N-dealkylation sites (tertiary alicyclic amines) is 1. The second kappa shape index (κ2) is 10.5. The smallest absolute Gasteiger partial charge is 0.400 e. The first-order chi connectivity index (χ1) is 15.5. The van der Waals surface area contributed by atoms with Crippen LogP contribution in [0.4, 0.5) is 8.78 Å². The molecule has 0 N–H and O–H groups in total. The van der Waals surface area contributed by atoms with Gasteiger partial charge in [0.2, 0.25) is 0 Å². The second-order valence-electron chi connectivity index (χ2n) is 11.7. The van der Waals surface area contributed by atoms with Gasteiger partial charge in [-0.3, -0.25) is 4.90 Å². The summed E-state index contributed by atoms with van der Waals surface area (Å²) in [5.41, 5.74) is 1.35. The molecule has 0 amide bonds. The number of nitrogens with zero attached hydrogens (tertiary/aromatic N) is 1. The molecule has 1 heterocycles. The fraction of sp³-hybridized carbons (Fsp3) is 0.724. The van der Waals surface area contributed by atoms with E-state index in [1.54, 1.807) is 12.1 Å². The molecule has 1 saturated heterocycles. The highest BCUT2D eigenvalue weighted by Gasteiger charge is 2.46. The van der Waals surface area contributed by atoms with Crippen molar-refractivity contribution in [2.75, 3.05) is 6.54 Å². The van der Waals surface area contributed by atoms with Crippen LogP contribution in [0.25, 0.3) is 0 Å². The maximum absolute atomic E-state index is 14.9. The van der Waals surface area contributed by atoms with Crippen LogP contribution < -0.4 is 4.74 Å². The highest BCUT2D eigenvalue weighted by molar-refractivity contribution is 5.31. The summed E-state index contributed by atoms with van der Waals surface area (Å²) in [4.78, 5) is 2.60. The zero-order valence-electron chi connectivity index (χ0n) is 21.5. The monoisotopic (exact) mass is 461 g/mol. The number of ether oxygens (including phenoxy) is 1. The Labute approximate surface area is 200 Å². The predicted molar refractivity (Wildman–Crippen MR) is 134 cm³/mol. The van der Waals surface area contributed by atoms with E-state index in [9.17, 15) is 8.78 Å². The number of hydrogen-bond donors (Lipinski definition) is 0. The van der Waals surface area contributed by atoms with Crippen LogP contribution in [0.15, 0.2) is 36.9 Å². The Balaban J connectivity index is 1.64. The largest absolute Gasteiger partial charge is 0.432 e. The summed E-state index contributed by atoms with van der Waals surface area (Å²) >= 11 is 0. The van der Waals surface area contributed by atoms with E-state index in [0.717, 1.165) is 51.5 Å². The van der Waals surface area contributed by atoms with Gasteiger partial charge < -0.3 is 4.74 Å². The maximum Gasteiger partial charge on any atom is 0.400 e. The van der Waals surface area contributed by atoms with Crippen molar-refractivity contribution in [3.63, 3.8) is 0 Å². The summed E-state index contributed by atoms with van der Waals surface area (Å²) in [5, 5.41) is 0. The molecule has 0 radical (unpaired) electrons. The summed E-state index contributed by atoms with van der Waals surface area (Å²) in [6.07, 6.45) is 7.17. The number of benzene rings is 1. The molecule has 2 nitrogen and oxygen atoms in total. The number of hydrogen-bond acceptors (Lipinski definition) is 2. The van der Waals surface area contributed by atoms with Crippen LogP contribution in [-0.4, -0.2) is 28.6 Å². The van der Waals surface area contributed by atoms with Crippen molar-refractivity contribution in [1.82, 2.24) is 4.90 Å². The molecule has 2 aliphatic rings. The van der Waals surface area contributed by atoms with Gasteiger partial charge in [-0.15, -0.1) is 6.58 Å². The predicted octanol–water partition coefficient (Wildman–Crippen LogP) is 8.58. The molecular weight excluding hydrogens is 416 g/mol. The highest BCUT2D eigenvalue weighted by atomic mass is 19.3. The Morgan fingerprint density at radius 1 is 1.03 bits per heavy atom. The average Bonchev–Trinajstić information content (AvgIpc) is 2.73. The van der Waals surface area contributed by atoms with E-state index >= 15 is 0 Å². The molecule has 0 unspecified atom stereocenters. The Hall–Kier alpha value is -1.42. The quantitative estimate of drug-likeness (QED) is 0.341. The van der Waals surface area contributed by atoms with Crippen LogP contribution in [0.3, 0.4) is 0 Å². The molecule has 2 fully saturated rings. The third-order valence-corrected chi connectivity index (χ3v) is 8.13. The van der Waals surface area contributed by atoms with Crippen molar-refractivity contribution in [2.24, 2.45) is 11.8 Å². The molecule has 0 spiro atoms. The van der Waals surface area contributed by atoms with Gasteiger partial charge in [0, 0.05) is 17.6 Å². The first kappa shape index (κ1) is 26.2. The molecule has 1 saturated carbocycles. The third kappa shape index (κ3) is 6.38. The van der Waals surface area contributed by atoms with Crippen LogP contribution >= 0.6 is 0 Å². The van der Waals surface area contributed by atoms with Gasteiger partial charge in [-0.2, -0.15) is 8.78 Å². The zero-order valence-corrected chi connectivity index (χ0v) is 21.5. The van der Waals surface area contributed by atoms with E-state index in [2.05, 4.69) is 46.1 Å². The van der Waals surface area contributed by atoms with Crippen LogP contribution in [0.2, 0.25) is 0 Å². The molecule has 4 heteroatoms. The minimum atomic E-state index is -3.10. The maximum atomic E-state index is 14.9. The van der Waals surface area contributed by atoms with Gasteiger partial charge in [0.15, 0.2) is 0 Å². The van der Waals surface area contributed by atoms with Gasteiger partial charge >= 0.3 is 6.11 Å². The molecule has 186 valence electrons. The summed E-state index contributed by atoms with van der Waals surface area (Å²) < 4.78 is 35.0. The number of rotatable bonds is 9. The van der Waals surface area contributed by atoms with E-state index in [1.807, 2.05) is 18.2 Å². The summed E-state index contributed by atoms with van der Waals surface area (Å²) in [5.74, 6) is 0.615. The standard InChI is InChI=1S/C29H45F2NO/c1-7-9-19-32-27(3,4)20-24(21-28(32,5)6)23-13-17-26(18-14-23)33-29(30,31)25-15-11-22(10-8-2)12-16-25/h7,13-14,17-18,22,24-25H,1,8-12,15-16,19-21H2,2-6H3. The molecule has 1 aliphatic carbocycles. The first-order valence-corrected chi connectivity index (χ1v) is 13.0. The Bertz CT molecular complexity index is 744. The van der Waals surface area contributed by atoms with Crippen molar-refractivity contribution in [1.29, 1.82) is 0 Å². The van der Waals surface area contributed by atoms with Gasteiger partial charge in [-0.1, -0.05) is 38.0 Å². The van der Waals surface area contributed by atoms with E-state index in [0.29, 0.717) is 24.7 Å². The van der Waals surface area contributed by atoms with Gasteiger partial charge in [-0.05, 0) is 102 Å². The Kier molecular flexibility index (Phi) is 8.30. The molecule has 0 bridgehead atoms. The second-order valence-corrected chi connectivity index (χ2v) is 11.7. The topological polar surface area (TPSA) is 12.5 Å². The number of alkyl halides is 2. The molecule has 1 aromatic carbocycles.